The number of hydrogen-bond acceptors (Lipinski definition) is 4. The Kier molecular flexibility index (Phi) is 3.74. The van der Waals surface area contributed by atoms with Crippen LogP contribution in [0.5, 0.6) is 0 Å². The molecule has 0 fully saturated rings. The minimum Gasteiger partial charge on any atom is -0.398 e. The quantitative estimate of drug-likeness (QED) is 0.677. The summed E-state index contributed by atoms with van der Waals surface area (Å²) in [4.78, 5) is 6.29. The highest BCUT2D eigenvalue weighted by molar-refractivity contribution is 7.98. The number of thiazole rings is 1. The second kappa shape index (κ2) is 5.08. The topological polar surface area (TPSA) is 38.9 Å². The molecule has 2 rings (SSSR count). The first-order chi connectivity index (χ1) is 7.65. The number of nitrogens with two attached hydrogens (primary N) is 1. The number of halogens is 1. The zero-order valence-corrected chi connectivity index (χ0v) is 11.1. The summed E-state index contributed by atoms with van der Waals surface area (Å²) in [5, 5.41) is 0. The van der Waals surface area contributed by atoms with Crippen molar-refractivity contribution in [2.45, 2.75) is 17.6 Å². The fraction of sp³-hybridized carbons (Fsp3) is 0.182. The molecule has 0 saturated heterocycles. The number of nitrogens with zero attached hydrogens (tertiary/aromatic N) is 1. The highest BCUT2D eigenvalue weighted by Gasteiger charge is 2.03. The van der Waals surface area contributed by atoms with Crippen LogP contribution in [-0.2, 0) is 5.75 Å². The fourth-order valence-electron chi connectivity index (χ4n) is 1.27. The van der Waals surface area contributed by atoms with Gasteiger partial charge in [-0.2, -0.15) is 0 Å². The van der Waals surface area contributed by atoms with Crippen LogP contribution in [0.25, 0.3) is 0 Å². The third-order valence-corrected chi connectivity index (χ3v) is 4.48. The van der Waals surface area contributed by atoms with Crippen LogP contribution >= 0.6 is 34.7 Å². The van der Waals surface area contributed by atoms with Crippen LogP contribution in [0, 0.1) is 6.92 Å². The van der Waals surface area contributed by atoms with Crippen molar-refractivity contribution in [1.29, 1.82) is 0 Å². The number of rotatable bonds is 3. The number of benzene rings is 1. The van der Waals surface area contributed by atoms with E-state index in [0.29, 0.717) is 4.47 Å². The van der Waals surface area contributed by atoms with Crippen molar-refractivity contribution in [2.24, 2.45) is 0 Å². The number of anilines is 1. The van der Waals surface area contributed by atoms with E-state index in [9.17, 15) is 0 Å². The smallest absolute Gasteiger partial charge is 0.183 e. The molecule has 0 radical (unpaired) electrons. The van der Waals surface area contributed by atoms with E-state index in [1.165, 1.54) is 16.9 Å². The van der Waals surface area contributed by atoms with Crippen molar-refractivity contribution < 1.29 is 0 Å². The van der Waals surface area contributed by atoms with Gasteiger partial charge < -0.3 is 5.73 Å². The molecule has 2 aromatic rings. The lowest BCUT2D eigenvalue weighted by Gasteiger charge is -2.05. The lowest BCUT2D eigenvalue weighted by molar-refractivity contribution is 1.34. The first kappa shape index (κ1) is 11.8. The monoisotopic (exact) mass is 270 g/mol. The molecular formula is C11H11ClN2S2. The highest BCUT2D eigenvalue weighted by atomic mass is 35.5. The van der Waals surface area contributed by atoms with E-state index in [0.717, 1.165) is 21.2 Å². The van der Waals surface area contributed by atoms with Crippen LogP contribution < -0.4 is 5.73 Å². The Bertz CT molecular complexity index is 496. The molecule has 5 heteroatoms. The Hall–Kier alpha value is -0.710. The summed E-state index contributed by atoms with van der Waals surface area (Å²) in [6.45, 7) is 2.06. The van der Waals surface area contributed by atoms with E-state index in [2.05, 4.69) is 18.0 Å². The molecule has 2 nitrogen and oxygen atoms in total. The van der Waals surface area contributed by atoms with Gasteiger partial charge in [0, 0.05) is 27.4 Å². The first-order valence-corrected chi connectivity index (χ1v) is 6.92. The molecule has 0 bridgehead atoms. The third kappa shape index (κ3) is 2.90. The molecule has 1 aromatic heterocycles. The molecule has 0 atom stereocenters. The maximum atomic E-state index is 5.90. The highest BCUT2D eigenvalue weighted by Crippen LogP contribution is 2.31. The summed E-state index contributed by atoms with van der Waals surface area (Å²) in [7, 11) is 0. The maximum absolute atomic E-state index is 5.90. The summed E-state index contributed by atoms with van der Waals surface area (Å²) < 4.78 is 0.591. The van der Waals surface area contributed by atoms with Crippen LogP contribution in [0.4, 0.5) is 5.69 Å². The van der Waals surface area contributed by atoms with Gasteiger partial charge in [0.05, 0.1) is 0 Å². The second-order valence-corrected chi connectivity index (χ2v) is 6.12. The van der Waals surface area contributed by atoms with Crippen molar-refractivity contribution in [3.05, 3.63) is 39.3 Å². The molecule has 0 spiro atoms. The van der Waals surface area contributed by atoms with E-state index in [-0.39, 0.29) is 0 Å². The van der Waals surface area contributed by atoms with Gasteiger partial charge in [-0.05, 0) is 24.6 Å². The lowest BCUT2D eigenvalue weighted by Crippen LogP contribution is -1.89. The number of thioether (sulfide) groups is 1. The zero-order valence-electron chi connectivity index (χ0n) is 8.74. The molecule has 2 N–H and O–H groups in total. The van der Waals surface area contributed by atoms with E-state index in [1.807, 2.05) is 18.3 Å². The summed E-state index contributed by atoms with van der Waals surface area (Å²) in [5.74, 6) is 0.859. The van der Waals surface area contributed by atoms with Crippen molar-refractivity contribution in [2.75, 3.05) is 5.73 Å². The van der Waals surface area contributed by atoms with Gasteiger partial charge in [0.25, 0.3) is 0 Å². The Balaban J connectivity index is 2.07. The second-order valence-electron chi connectivity index (χ2n) is 3.41. The Morgan fingerprint density at radius 1 is 1.50 bits per heavy atom. The van der Waals surface area contributed by atoms with Crippen LogP contribution in [0.15, 0.2) is 29.3 Å². The van der Waals surface area contributed by atoms with Gasteiger partial charge in [-0.15, -0.1) is 23.1 Å². The van der Waals surface area contributed by atoms with Crippen LogP contribution in [0.2, 0.25) is 4.47 Å². The van der Waals surface area contributed by atoms with E-state index in [4.69, 9.17) is 17.3 Å². The summed E-state index contributed by atoms with van der Waals surface area (Å²) in [5.41, 5.74) is 7.95. The number of aromatic nitrogens is 1. The van der Waals surface area contributed by atoms with Gasteiger partial charge in [0.1, 0.15) is 0 Å². The van der Waals surface area contributed by atoms with Gasteiger partial charge in [-0.25, -0.2) is 4.98 Å². The van der Waals surface area contributed by atoms with Crippen molar-refractivity contribution in [3.8, 4) is 0 Å². The molecule has 0 aliphatic heterocycles. The fourth-order valence-corrected chi connectivity index (χ4v) is 3.33. The summed E-state index contributed by atoms with van der Waals surface area (Å²) in [6, 6.07) is 6.06. The standard InChI is InChI=1S/C11H11ClN2S2/c1-7-2-3-9(13)10(4-7)15-6-8-5-14-11(12)16-8/h2-5H,6,13H2,1H3. The van der Waals surface area contributed by atoms with Gasteiger partial charge in [0.2, 0.25) is 0 Å². The molecule has 16 heavy (non-hydrogen) atoms. The van der Waals surface area contributed by atoms with Crippen molar-refractivity contribution in [3.63, 3.8) is 0 Å². The third-order valence-electron chi connectivity index (χ3n) is 2.06. The number of hydrogen-bond donors (Lipinski definition) is 1. The molecule has 84 valence electrons. The molecule has 0 amide bonds. The molecule has 0 aliphatic rings. The minimum atomic E-state index is 0.591. The summed E-state index contributed by atoms with van der Waals surface area (Å²) >= 11 is 9.00. The van der Waals surface area contributed by atoms with Crippen LogP contribution in [-0.4, -0.2) is 4.98 Å². The van der Waals surface area contributed by atoms with E-state index in [1.54, 1.807) is 11.8 Å². The van der Waals surface area contributed by atoms with E-state index < -0.39 is 0 Å². The number of aryl methyl sites for hydroxylation is 1. The van der Waals surface area contributed by atoms with Gasteiger partial charge in [-0.1, -0.05) is 17.7 Å². The maximum Gasteiger partial charge on any atom is 0.183 e. The van der Waals surface area contributed by atoms with Gasteiger partial charge in [-0.3, -0.25) is 0 Å². The number of nitrogen functional groups attached to an aromatic ring is 1. The van der Waals surface area contributed by atoms with Crippen molar-refractivity contribution in [1.82, 2.24) is 4.98 Å². The van der Waals surface area contributed by atoms with Crippen LogP contribution in [0.1, 0.15) is 10.4 Å². The van der Waals surface area contributed by atoms with Gasteiger partial charge in [0.15, 0.2) is 4.47 Å². The average molecular weight is 271 g/mol. The average Bonchev–Trinajstić information content (AvgIpc) is 2.66. The van der Waals surface area contributed by atoms with Crippen molar-refractivity contribution >= 4 is 40.4 Å². The van der Waals surface area contributed by atoms with Gasteiger partial charge >= 0.3 is 0 Å². The Labute approximate surface area is 108 Å². The molecule has 0 saturated carbocycles. The lowest BCUT2D eigenvalue weighted by atomic mass is 10.2. The first-order valence-electron chi connectivity index (χ1n) is 4.74. The molecule has 1 aromatic carbocycles. The molecular weight excluding hydrogens is 260 g/mol. The molecule has 1 heterocycles. The SMILES string of the molecule is Cc1ccc(N)c(SCc2cnc(Cl)s2)c1. The Morgan fingerprint density at radius 3 is 3.00 bits per heavy atom. The van der Waals surface area contributed by atoms with Crippen LogP contribution in [0.3, 0.4) is 0 Å². The zero-order chi connectivity index (χ0) is 11.5. The van der Waals surface area contributed by atoms with E-state index >= 15 is 0 Å². The summed E-state index contributed by atoms with van der Waals surface area (Å²) in [6.07, 6.45) is 1.81. The minimum absolute atomic E-state index is 0.591. The molecule has 0 unspecified atom stereocenters. The Morgan fingerprint density at radius 2 is 2.31 bits per heavy atom. The predicted octanol–water partition coefficient (Wildman–Crippen LogP) is 3.98. The predicted molar refractivity (Wildman–Crippen MR) is 72.3 cm³/mol. The normalized spacial score (nSPS) is 10.6. The molecule has 0 aliphatic carbocycles. The largest absolute Gasteiger partial charge is 0.398 e.